The van der Waals surface area contributed by atoms with Gasteiger partial charge < -0.3 is 0 Å². The lowest BCUT2D eigenvalue weighted by molar-refractivity contribution is 0.358. The lowest BCUT2D eigenvalue weighted by atomic mass is 10.3. The normalized spacial score (nSPS) is 12.4. The average molecular weight is 390 g/mol. The molecule has 2 aromatic carbocycles. The van der Waals surface area contributed by atoms with E-state index in [0.29, 0.717) is 24.3 Å². The Morgan fingerprint density at radius 1 is 0.542 bits per heavy atom. The third kappa shape index (κ3) is 2.55. The summed E-state index contributed by atoms with van der Waals surface area (Å²) in [6, 6.07) is 1.96. The smallest absolute Gasteiger partial charge is 0.207 e. The molecule has 0 aliphatic carbocycles. The van der Waals surface area contributed by atoms with E-state index in [0.717, 1.165) is 0 Å². The zero-order chi connectivity index (χ0) is 18.4. The maximum Gasteiger partial charge on any atom is 0.292 e. The highest BCUT2D eigenvalue weighted by atomic mass is 33.2. The van der Waals surface area contributed by atoms with Crippen LogP contribution in [0.25, 0.3) is 0 Å². The summed E-state index contributed by atoms with van der Waals surface area (Å²) in [5, 5.41) is 0. The van der Waals surface area contributed by atoms with Crippen molar-refractivity contribution < 1.29 is 43.2 Å². The molecular formula is C12H4F6O4S2. The maximum absolute atomic E-state index is 13.6. The first-order valence-electron chi connectivity index (χ1n) is 5.70. The summed E-state index contributed by atoms with van der Waals surface area (Å²) in [6.07, 6.45) is 0. The summed E-state index contributed by atoms with van der Waals surface area (Å²) in [7, 11) is -11.7. The van der Waals surface area contributed by atoms with Gasteiger partial charge >= 0.3 is 0 Å². The summed E-state index contributed by atoms with van der Waals surface area (Å²) < 4.78 is 127. The molecule has 0 amide bonds. The molecule has 0 fully saturated rings. The van der Waals surface area contributed by atoms with Crippen molar-refractivity contribution in [1.82, 2.24) is 0 Å². The molecule has 0 atom stereocenters. The predicted octanol–water partition coefficient (Wildman–Crippen LogP) is 2.68. The Morgan fingerprint density at radius 2 is 0.917 bits per heavy atom. The van der Waals surface area contributed by atoms with Gasteiger partial charge in [-0.3, -0.25) is 0 Å². The summed E-state index contributed by atoms with van der Waals surface area (Å²) in [6.45, 7) is 0. The number of benzene rings is 2. The van der Waals surface area contributed by atoms with E-state index in [1.54, 1.807) is 0 Å². The van der Waals surface area contributed by atoms with Crippen LogP contribution in [0.1, 0.15) is 0 Å². The van der Waals surface area contributed by atoms with E-state index in [4.69, 9.17) is 0 Å². The fraction of sp³-hybridized carbons (Fsp3) is 0. The van der Waals surface area contributed by atoms with Crippen LogP contribution >= 0.6 is 0 Å². The van der Waals surface area contributed by atoms with E-state index in [2.05, 4.69) is 0 Å². The maximum atomic E-state index is 13.6. The minimum absolute atomic E-state index is 0.453. The Bertz CT molecular complexity index is 1000. The number of rotatable bonds is 3. The van der Waals surface area contributed by atoms with Crippen molar-refractivity contribution in [3.8, 4) is 0 Å². The van der Waals surface area contributed by atoms with Crippen molar-refractivity contribution in [2.75, 3.05) is 0 Å². The van der Waals surface area contributed by atoms with E-state index < -0.39 is 62.4 Å². The highest BCUT2D eigenvalue weighted by Gasteiger charge is 2.42. The largest absolute Gasteiger partial charge is 0.292 e. The van der Waals surface area contributed by atoms with Crippen LogP contribution in [0.4, 0.5) is 26.3 Å². The van der Waals surface area contributed by atoms with Gasteiger partial charge in [0.25, 0.3) is 17.7 Å². The fourth-order valence-electron chi connectivity index (χ4n) is 1.64. The van der Waals surface area contributed by atoms with Gasteiger partial charge in [-0.15, -0.1) is 0 Å². The molecule has 12 heteroatoms. The molecule has 0 aromatic heterocycles. The highest BCUT2D eigenvalue weighted by molar-refractivity contribution is 8.67. The van der Waals surface area contributed by atoms with Gasteiger partial charge in [0.1, 0.15) is 5.82 Å². The molecule has 0 saturated carbocycles. The molecule has 0 N–H and O–H groups in total. The number of halogens is 6. The van der Waals surface area contributed by atoms with Gasteiger partial charge in [0, 0.05) is 0 Å². The molecule has 24 heavy (non-hydrogen) atoms. The molecule has 2 aromatic rings. The Kier molecular flexibility index (Phi) is 4.39. The molecule has 0 aliphatic rings. The van der Waals surface area contributed by atoms with Gasteiger partial charge in [0.05, 0.1) is 4.90 Å². The molecule has 130 valence electrons. The van der Waals surface area contributed by atoms with Crippen molar-refractivity contribution in [2.24, 2.45) is 0 Å². The molecule has 2 rings (SSSR count). The molecule has 0 spiro atoms. The standard InChI is InChI=1S/C12H4F6O4S2/c13-5-1-3-6(4-2-5)23(19,20)24(21,22)12-10(17)8(15)7(14)9(16)11(12)18/h1-4H. The van der Waals surface area contributed by atoms with Crippen molar-refractivity contribution in [3.63, 3.8) is 0 Å². The lowest BCUT2D eigenvalue weighted by Gasteiger charge is -2.10. The molecule has 0 radical (unpaired) electrons. The minimum Gasteiger partial charge on any atom is -0.207 e. The van der Waals surface area contributed by atoms with Crippen LogP contribution in [0, 0.1) is 34.9 Å². The van der Waals surface area contributed by atoms with Gasteiger partial charge in [-0.05, 0) is 24.3 Å². The van der Waals surface area contributed by atoms with Crippen LogP contribution in [0.2, 0.25) is 0 Å². The SMILES string of the molecule is O=S(=O)(c1ccc(F)cc1)S(=O)(=O)c1c(F)c(F)c(F)c(F)c1F. The molecule has 0 bridgehead atoms. The quantitative estimate of drug-likeness (QED) is 0.350. The average Bonchev–Trinajstić information content (AvgIpc) is 2.51. The zero-order valence-corrected chi connectivity index (χ0v) is 12.7. The van der Waals surface area contributed by atoms with Crippen LogP contribution in [0.5, 0.6) is 0 Å². The summed E-state index contributed by atoms with van der Waals surface area (Å²) in [5.41, 5.74) is 0. The van der Waals surface area contributed by atoms with Crippen LogP contribution in [-0.2, 0) is 17.7 Å². The number of hydrogen-bond donors (Lipinski definition) is 0. The van der Waals surface area contributed by atoms with Crippen LogP contribution in [0.3, 0.4) is 0 Å². The summed E-state index contributed by atoms with van der Waals surface area (Å²) in [4.78, 5) is -3.63. The summed E-state index contributed by atoms with van der Waals surface area (Å²) >= 11 is 0. The molecule has 0 aliphatic heterocycles. The third-order valence-electron chi connectivity index (χ3n) is 2.81. The van der Waals surface area contributed by atoms with Gasteiger partial charge in [-0.2, -0.15) is 0 Å². The Balaban J connectivity index is 2.84. The van der Waals surface area contributed by atoms with E-state index in [-0.39, 0.29) is 0 Å². The zero-order valence-electron chi connectivity index (χ0n) is 11.0. The molecule has 0 unspecified atom stereocenters. The van der Waals surface area contributed by atoms with Gasteiger partial charge in [0.15, 0.2) is 28.2 Å². The Morgan fingerprint density at radius 3 is 1.33 bits per heavy atom. The fourth-order valence-corrected chi connectivity index (χ4v) is 5.39. The predicted molar refractivity (Wildman–Crippen MR) is 67.0 cm³/mol. The molecule has 0 saturated heterocycles. The number of hydrogen-bond acceptors (Lipinski definition) is 4. The van der Waals surface area contributed by atoms with Gasteiger partial charge in [-0.1, -0.05) is 0 Å². The lowest BCUT2D eigenvalue weighted by Crippen LogP contribution is -2.21. The second-order valence-corrected chi connectivity index (χ2v) is 9.59. The van der Waals surface area contributed by atoms with Crippen molar-refractivity contribution in [2.45, 2.75) is 9.79 Å². The van der Waals surface area contributed by atoms with Crippen molar-refractivity contribution in [3.05, 3.63) is 59.2 Å². The molecular weight excluding hydrogens is 386 g/mol. The van der Waals surface area contributed by atoms with Gasteiger partial charge in [0.2, 0.25) is 5.82 Å². The Labute approximate surface area is 130 Å². The first-order valence-corrected chi connectivity index (χ1v) is 9.18. The van der Waals surface area contributed by atoms with Crippen molar-refractivity contribution in [1.29, 1.82) is 0 Å². The van der Waals surface area contributed by atoms with Crippen molar-refractivity contribution >= 4 is 17.7 Å². The second-order valence-electron chi connectivity index (χ2n) is 4.26. The molecule has 0 heterocycles. The van der Waals surface area contributed by atoms with Crippen LogP contribution in [-0.4, -0.2) is 16.8 Å². The van der Waals surface area contributed by atoms with E-state index in [1.165, 1.54) is 0 Å². The first-order chi connectivity index (χ1) is 10.9. The Hall–Kier alpha value is -2.08. The molecule has 4 nitrogen and oxygen atoms in total. The van der Waals surface area contributed by atoms with E-state index in [9.17, 15) is 43.2 Å². The monoisotopic (exact) mass is 390 g/mol. The van der Waals surface area contributed by atoms with E-state index in [1.807, 2.05) is 0 Å². The minimum atomic E-state index is -6.07. The summed E-state index contributed by atoms with van der Waals surface area (Å²) in [5.74, 6) is -14.5. The third-order valence-corrected chi connectivity index (χ3v) is 7.91. The second kappa shape index (κ2) is 5.77. The first kappa shape index (κ1) is 18.3. The van der Waals surface area contributed by atoms with Gasteiger partial charge in [-0.25, -0.2) is 43.2 Å². The highest BCUT2D eigenvalue weighted by Crippen LogP contribution is 2.32. The van der Waals surface area contributed by atoms with Crippen LogP contribution < -0.4 is 0 Å². The van der Waals surface area contributed by atoms with Crippen LogP contribution in [0.15, 0.2) is 34.1 Å². The topological polar surface area (TPSA) is 68.3 Å². The van der Waals surface area contributed by atoms with E-state index >= 15 is 0 Å².